The first-order valence-corrected chi connectivity index (χ1v) is 8.58. The van der Waals surface area contributed by atoms with Crippen LogP contribution in [0.4, 0.5) is 0 Å². The van der Waals surface area contributed by atoms with E-state index in [1.807, 2.05) is 36.4 Å². The quantitative estimate of drug-likeness (QED) is 0.508. The molecule has 0 heterocycles. The van der Waals surface area contributed by atoms with Gasteiger partial charge in [0.2, 0.25) is 5.12 Å². The lowest BCUT2D eigenvalue weighted by Gasteiger charge is -2.06. The number of unbranched alkanes of at least 4 members (excludes halogenated alkanes) is 1. The zero-order valence-corrected chi connectivity index (χ0v) is 14.0. The second-order valence-corrected chi connectivity index (χ2v) is 6.16. The summed E-state index contributed by atoms with van der Waals surface area (Å²) in [7, 11) is 0. The predicted octanol–water partition coefficient (Wildman–Crippen LogP) is 5.36. The van der Waals surface area contributed by atoms with Gasteiger partial charge in [0, 0.05) is 10.5 Å². The summed E-state index contributed by atoms with van der Waals surface area (Å²) in [5, 5.41) is 0.0596. The Morgan fingerprint density at radius 1 is 1.00 bits per heavy atom. The Bertz CT molecular complexity index is 588. The van der Waals surface area contributed by atoms with Crippen LogP contribution in [0.1, 0.15) is 42.6 Å². The topological polar surface area (TPSA) is 26.3 Å². The van der Waals surface area contributed by atoms with Gasteiger partial charge in [0.1, 0.15) is 5.75 Å². The second kappa shape index (κ2) is 8.64. The zero-order valence-electron chi connectivity index (χ0n) is 13.2. The molecule has 0 amide bonds. The number of benzene rings is 2. The van der Waals surface area contributed by atoms with E-state index < -0.39 is 0 Å². The van der Waals surface area contributed by atoms with Crippen LogP contribution in [0.2, 0.25) is 0 Å². The fraction of sp³-hybridized carbons (Fsp3) is 0.316. The molecule has 3 heteroatoms. The minimum absolute atomic E-state index is 0.0596. The SMILES string of the molecule is CCCCOc1ccc(C(=O)Sc2ccc(CC)cc2)cc1. The van der Waals surface area contributed by atoms with Crippen molar-refractivity contribution in [2.75, 3.05) is 6.61 Å². The highest BCUT2D eigenvalue weighted by molar-refractivity contribution is 8.14. The third kappa shape index (κ3) is 4.92. The molecule has 0 spiro atoms. The van der Waals surface area contributed by atoms with Crippen LogP contribution in [0.15, 0.2) is 53.4 Å². The molecule has 0 unspecified atom stereocenters. The maximum atomic E-state index is 12.3. The molecule has 2 aromatic rings. The first kappa shape index (κ1) is 16.6. The van der Waals surface area contributed by atoms with Crippen molar-refractivity contribution < 1.29 is 9.53 Å². The Labute approximate surface area is 136 Å². The van der Waals surface area contributed by atoms with Crippen LogP contribution in [-0.2, 0) is 6.42 Å². The van der Waals surface area contributed by atoms with E-state index in [4.69, 9.17) is 4.74 Å². The molecule has 0 bridgehead atoms. The van der Waals surface area contributed by atoms with Gasteiger partial charge in [-0.15, -0.1) is 0 Å². The summed E-state index contributed by atoms with van der Waals surface area (Å²) in [6.45, 7) is 4.98. The Morgan fingerprint density at radius 3 is 2.27 bits per heavy atom. The van der Waals surface area contributed by atoms with Crippen LogP contribution in [0.5, 0.6) is 5.75 Å². The van der Waals surface area contributed by atoms with Crippen molar-refractivity contribution in [3.05, 3.63) is 59.7 Å². The van der Waals surface area contributed by atoms with Crippen molar-refractivity contribution in [2.45, 2.75) is 38.0 Å². The van der Waals surface area contributed by atoms with Crippen molar-refractivity contribution >= 4 is 16.9 Å². The van der Waals surface area contributed by atoms with Crippen LogP contribution < -0.4 is 4.74 Å². The Balaban J connectivity index is 1.94. The van der Waals surface area contributed by atoms with Gasteiger partial charge in [-0.2, -0.15) is 0 Å². The fourth-order valence-corrected chi connectivity index (χ4v) is 2.72. The standard InChI is InChI=1S/C19H22O2S/c1-3-5-14-21-17-10-8-16(9-11-17)19(20)22-18-12-6-15(4-2)7-13-18/h6-13H,3-5,14H2,1-2H3. The average molecular weight is 314 g/mol. The molecule has 0 aliphatic rings. The van der Waals surface area contributed by atoms with Crippen molar-refractivity contribution in [1.82, 2.24) is 0 Å². The normalized spacial score (nSPS) is 10.5. The summed E-state index contributed by atoms with van der Waals surface area (Å²) in [5.41, 5.74) is 1.98. The molecule has 2 rings (SSSR count). The number of aryl methyl sites for hydroxylation is 1. The monoisotopic (exact) mass is 314 g/mol. The number of thioether (sulfide) groups is 1. The van der Waals surface area contributed by atoms with Crippen LogP contribution in [0, 0.1) is 0 Å². The number of carbonyl (C=O) groups is 1. The van der Waals surface area contributed by atoms with Gasteiger partial charge in [-0.25, -0.2) is 0 Å². The maximum Gasteiger partial charge on any atom is 0.224 e. The minimum Gasteiger partial charge on any atom is -0.494 e. The third-order valence-electron chi connectivity index (χ3n) is 3.40. The van der Waals surface area contributed by atoms with Crippen LogP contribution in [-0.4, -0.2) is 11.7 Å². The van der Waals surface area contributed by atoms with Gasteiger partial charge in [0.25, 0.3) is 0 Å². The number of rotatable bonds is 7. The summed E-state index contributed by atoms with van der Waals surface area (Å²) in [4.78, 5) is 13.2. The molecular formula is C19H22O2S. The number of ether oxygens (including phenoxy) is 1. The molecular weight excluding hydrogens is 292 g/mol. The zero-order chi connectivity index (χ0) is 15.8. The third-order valence-corrected chi connectivity index (χ3v) is 4.33. The number of hydrogen-bond acceptors (Lipinski definition) is 3. The van der Waals surface area contributed by atoms with E-state index in [0.717, 1.165) is 36.5 Å². The van der Waals surface area contributed by atoms with Crippen LogP contribution in [0.25, 0.3) is 0 Å². The lowest BCUT2D eigenvalue weighted by molar-refractivity contribution is 0.108. The van der Waals surface area contributed by atoms with E-state index in [9.17, 15) is 4.79 Å². The van der Waals surface area contributed by atoms with Gasteiger partial charge in [-0.05, 0) is 66.6 Å². The van der Waals surface area contributed by atoms with Crippen LogP contribution in [0.3, 0.4) is 0 Å². The van der Waals surface area contributed by atoms with E-state index in [-0.39, 0.29) is 5.12 Å². The van der Waals surface area contributed by atoms with Gasteiger partial charge in [-0.1, -0.05) is 32.4 Å². The maximum absolute atomic E-state index is 12.3. The van der Waals surface area contributed by atoms with Crippen molar-refractivity contribution in [3.8, 4) is 5.75 Å². The molecule has 2 nitrogen and oxygen atoms in total. The van der Waals surface area contributed by atoms with E-state index >= 15 is 0 Å². The summed E-state index contributed by atoms with van der Waals surface area (Å²) in [5.74, 6) is 0.822. The van der Waals surface area contributed by atoms with Crippen LogP contribution >= 0.6 is 11.8 Å². The molecule has 0 aromatic heterocycles. The Kier molecular flexibility index (Phi) is 6.53. The summed E-state index contributed by atoms with van der Waals surface area (Å²) < 4.78 is 5.61. The molecule has 0 saturated carbocycles. The van der Waals surface area contributed by atoms with Gasteiger partial charge >= 0.3 is 0 Å². The van der Waals surface area contributed by atoms with E-state index in [1.165, 1.54) is 17.3 Å². The lowest BCUT2D eigenvalue weighted by atomic mass is 10.2. The van der Waals surface area contributed by atoms with E-state index in [0.29, 0.717) is 5.56 Å². The predicted molar refractivity (Wildman–Crippen MR) is 92.9 cm³/mol. The van der Waals surface area contributed by atoms with Crippen molar-refractivity contribution in [2.24, 2.45) is 0 Å². The first-order valence-electron chi connectivity index (χ1n) is 7.77. The molecule has 0 saturated heterocycles. The molecule has 22 heavy (non-hydrogen) atoms. The summed E-state index contributed by atoms with van der Waals surface area (Å²) in [6, 6.07) is 15.5. The first-order chi connectivity index (χ1) is 10.7. The molecule has 2 aromatic carbocycles. The van der Waals surface area contributed by atoms with E-state index in [2.05, 4.69) is 26.0 Å². The molecule has 0 radical (unpaired) electrons. The Morgan fingerprint density at radius 2 is 1.68 bits per heavy atom. The Hall–Kier alpha value is -1.74. The second-order valence-electron chi connectivity index (χ2n) is 5.11. The van der Waals surface area contributed by atoms with E-state index in [1.54, 1.807) is 0 Å². The minimum atomic E-state index is 0.0596. The van der Waals surface area contributed by atoms with Gasteiger partial charge in [0.15, 0.2) is 0 Å². The highest BCUT2D eigenvalue weighted by Gasteiger charge is 2.08. The molecule has 0 aliphatic heterocycles. The average Bonchev–Trinajstić information content (AvgIpc) is 2.56. The fourth-order valence-electron chi connectivity index (χ4n) is 1.98. The molecule has 0 fully saturated rings. The van der Waals surface area contributed by atoms with Gasteiger partial charge in [-0.3, -0.25) is 4.79 Å². The molecule has 0 N–H and O–H groups in total. The lowest BCUT2D eigenvalue weighted by Crippen LogP contribution is -1.97. The highest BCUT2D eigenvalue weighted by Crippen LogP contribution is 2.24. The molecule has 116 valence electrons. The molecule has 0 atom stereocenters. The number of carbonyl (C=O) groups excluding carboxylic acids is 1. The van der Waals surface area contributed by atoms with Crippen molar-refractivity contribution in [3.63, 3.8) is 0 Å². The summed E-state index contributed by atoms with van der Waals surface area (Å²) in [6.07, 6.45) is 3.17. The smallest absolute Gasteiger partial charge is 0.224 e. The summed E-state index contributed by atoms with van der Waals surface area (Å²) >= 11 is 1.26. The van der Waals surface area contributed by atoms with Gasteiger partial charge < -0.3 is 4.74 Å². The largest absolute Gasteiger partial charge is 0.494 e. The van der Waals surface area contributed by atoms with Gasteiger partial charge in [0.05, 0.1) is 6.61 Å². The number of hydrogen-bond donors (Lipinski definition) is 0. The van der Waals surface area contributed by atoms with Crippen molar-refractivity contribution in [1.29, 1.82) is 0 Å². The highest BCUT2D eigenvalue weighted by atomic mass is 32.2. The molecule has 0 aliphatic carbocycles.